The van der Waals surface area contributed by atoms with Crippen molar-refractivity contribution >= 4 is 11.6 Å². The van der Waals surface area contributed by atoms with Crippen LogP contribution in [0.2, 0.25) is 0 Å². The Morgan fingerprint density at radius 3 is 2.56 bits per heavy atom. The van der Waals surface area contributed by atoms with Gasteiger partial charge in [-0.25, -0.2) is 9.37 Å². The Labute approximate surface area is 144 Å². The first-order chi connectivity index (χ1) is 12.2. The van der Waals surface area contributed by atoms with Gasteiger partial charge in [0.25, 0.3) is 5.78 Å². The highest BCUT2D eigenvalue weighted by molar-refractivity contribution is 5.65. The molecule has 2 aromatic carbocycles. The first kappa shape index (κ1) is 15.3. The first-order valence-electron chi connectivity index (χ1n) is 7.92. The molecule has 0 aliphatic rings. The summed E-state index contributed by atoms with van der Waals surface area (Å²) in [6.45, 7) is 0.619. The third-order valence-electron chi connectivity index (χ3n) is 4.03. The molecule has 0 aliphatic heterocycles. The predicted molar refractivity (Wildman–Crippen MR) is 94.7 cm³/mol. The fourth-order valence-corrected chi connectivity index (χ4v) is 2.77. The average Bonchev–Trinajstić information content (AvgIpc) is 3.12. The molecule has 0 unspecified atom stereocenters. The lowest BCUT2D eigenvalue weighted by Crippen LogP contribution is -2.20. The van der Waals surface area contributed by atoms with Gasteiger partial charge in [0, 0.05) is 25.2 Å². The molecule has 4 rings (SSSR count). The van der Waals surface area contributed by atoms with E-state index in [-0.39, 0.29) is 5.82 Å². The lowest BCUT2D eigenvalue weighted by molar-refractivity contribution is 0.627. The smallest absolute Gasteiger partial charge is 0.254 e. The Bertz CT molecular complexity index is 995. The van der Waals surface area contributed by atoms with Gasteiger partial charge in [0.05, 0.1) is 5.69 Å². The van der Waals surface area contributed by atoms with Crippen LogP contribution in [0.15, 0.2) is 67.0 Å². The molecule has 0 radical (unpaired) electrons. The van der Waals surface area contributed by atoms with Gasteiger partial charge in [0.15, 0.2) is 0 Å². The maximum atomic E-state index is 13.1. The molecule has 2 aromatic heterocycles. The van der Waals surface area contributed by atoms with Crippen LogP contribution in [0.1, 0.15) is 5.56 Å². The highest BCUT2D eigenvalue weighted by Gasteiger charge is 2.13. The molecule has 0 amide bonds. The molecule has 0 N–H and O–H groups in total. The minimum absolute atomic E-state index is 0.236. The number of benzene rings is 2. The number of halogens is 1. The van der Waals surface area contributed by atoms with E-state index in [1.165, 1.54) is 18.5 Å². The summed E-state index contributed by atoms with van der Waals surface area (Å²) in [4.78, 5) is 10.9. The van der Waals surface area contributed by atoms with Crippen molar-refractivity contribution in [2.45, 2.75) is 6.54 Å². The van der Waals surface area contributed by atoms with Crippen LogP contribution in [0, 0.1) is 5.82 Å². The van der Waals surface area contributed by atoms with E-state index in [0.29, 0.717) is 12.3 Å². The van der Waals surface area contributed by atoms with E-state index in [4.69, 9.17) is 0 Å². The van der Waals surface area contributed by atoms with E-state index >= 15 is 0 Å². The van der Waals surface area contributed by atoms with E-state index in [1.807, 2.05) is 48.3 Å². The van der Waals surface area contributed by atoms with Crippen molar-refractivity contribution in [1.82, 2.24) is 19.6 Å². The topological polar surface area (TPSA) is 46.3 Å². The van der Waals surface area contributed by atoms with E-state index in [1.54, 1.807) is 16.6 Å². The molecule has 6 heteroatoms. The van der Waals surface area contributed by atoms with Crippen LogP contribution >= 0.6 is 0 Å². The molecular weight excluding hydrogens is 317 g/mol. The van der Waals surface area contributed by atoms with Gasteiger partial charge in [0.1, 0.15) is 18.0 Å². The van der Waals surface area contributed by atoms with E-state index < -0.39 is 0 Å². The van der Waals surface area contributed by atoms with E-state index in [2.05, 4.69) is 15.1 Å². The van der Waals surface area contributed by atoms with Crippen molar-refractivity contribution in [2.75, 3.05) is 11.9 Å². The predicted octanol–water partition coefficient (Wildman–Crippen LogP) is 3.57. The van der Waals surface area contributed by atoms with Crippen LogP contribution < -0.4 is 4.90 Å². The van der Waals surface area contributed by atoms with Gasteiger partial charge in [-0.2, -0.15) is 14.6 Å². The molecule has 0 aliphatic carbocycles. The summed E-state index contributed by atoms with van der Waals surface area (Å²) < 4.78 is 14.8. The van der Waals surface area contributed by atoms with Crippen molar-refractivity contribution in [3.05, 3.63) is 78.4 Å². The number of aromatic nitrogens is 4. The van der Waals surface area contributed by atoms with Crippen LogP contribution in [0.3, 0.4) is 0 Å². The minimum atomic E-state index is -0.236. The molecule has 0 fully saturated rings. The Morgan fingerprint density at radius 1 is 1.04 bits per heavy atom. The third-order valence-corrected chi connectivity index (χ3v) is 4.03. The van der Waals surface area contributed by atoms with E-state index in [0.717, 1.165) is 22.6 Å². The largest absolute Gasteiger partial charge is 0.355 e. The fraction of sp³-hybridized carbons (Fsp3) is 0.105. The molecule has 2 heterocycles. The second-order valence-corrected chi connectivity index (χ2v) is 5.82. The third kappa shape index (κ3) is 3.06. The SMILES string of the molecule is CN(Cc1ccc(F)cc1)c1cc(-c2ccccc2)nc2ncnn12. The summed E-state index contributed by atoms with van der Waals surface area (Å²) in [5.41, 5.74) is 2.86. The number of hydrogen-bond acceptors (Lipinski definition) is 4. The summed E-state index contributed by atoms with van der Waals surface area (Å²) in [7, 11) is 1.97. The molecule has 0 spiro atoms. The number of nitrogens with zero attached hydrogens (tertiary/aromatic N) is 5. The van der Waals surface area contributed by atoms with Gasteiger partial charge in [-0.15, -0.1) is 0 Å². The molecule has 0 atom stereocenters. The molecule has 4 aromatic rings. The zero-order valence-corrected chi connectivity index (χ0v) is 13.7. The highest BCUT2D eigenvalue weighted by Crippen LogP contribution is 2.24. The van der Waals surface area contributed by atoms with E-state index in [9.17, 15) is 4.39 Å². The lowest BCUT2D eigenvalue weighted by atomic mass is 10.1. The van der Waals surface area contributed by atoms with Crippen molar-refractivity contribution < 1.29 is 4.39 Å². The molecule has 0 bridgehead atoms. The molecule has 124 valence electrons. The monoisotopic (exact) mass is 333 g/mol. The molecule has 0 saturated carbocycles. The first-order valence-corrected chi connectivity index (χ1v) is 7.92. The van der Waals surface area contributed by atoms with Crippen LogP contribution in [0.25, 0.3) is 17.0 Å². The maximum absolute atomic E-state index is 13.1. The fourth-order valence-electron chi connectivity index (χ4n) is 2.77. The molecule has 0 saturated heterocycles. The maximum Gasteiger partial charge on any atom is 0.254 e. The van der Waals surface area contributed by atoms with Gasteiger partial charge in [0.2, 0.25) is 0 Å². The Kier molecular flexibility index (Phi) is 3.85. The minimum Gasteiger partial charge on any atom is -0.355 e. The summed E-state index contributed by atoms with van der Waals surface area (Å²) in [5.74, 6) is 1.17. The Morgan fingerprint density at radius 2 is 1.80 bits per heavy atom. The van der Waals surface area contributed by atoms with Gasteiger partial charge in [-0.3, -0.25) is 0 Å². The summed E-state index contributed by atoms with van der Waals surface area (Å²) >= 11 is 0. The highest BCUT2D eigenvalue weighted by atomic mass is 19.1. The van der Waals surface area contributed by atoms with Crippen LogP contribution in [0.4, 0.5) is 10.2 Å². The quantitative estimate of drug-likeness (QED) is 0.573. The molecule has 5 nitrogen and oxygen atoms in total. The summed E-state index contributed by atoms with van der Waals surface area (Å²) in [6.07, 6.45) is 1.49. The average molecular weight is 333 g/mol. The molecular formula is C19H16FN5. The van der Waals surface area contributed by atoms with Crippen LogP contribution in [-0.2, 0) is 6.54 Å². The normalized spacial score (nSPS) is 11.0. The Hall–Kier alpha value is -3.28. The van der Waals surface area contributed by atoms with Crippen molar-refractivity contribution in [3.8, 4) is 11.3 Å². The van der Waals surface area contributed by atoms with Gasteiger partial charge >= 0.3 is 0 Å². The second-order valence-electron chi connectivity index (χ2n) is 5.82. The number of rotatable bonds is 4. The lowest BCUT2D eigenvalue weighted by Gasteiger charge is -2.20. The zero-order valence-electron chi connectivity index (χ0n) is 13.7. The Balaban J connectivity index is 1.74. The van der Waals surface area contributed by atoms with Gasteiger partial charge in [-0.1, -0.05) is 42.5 Å². The van der Waals surface area contributed by atoms with Gasteiger partial charge < -0.3 is 4.90 Å². The summed E-state index contributed by atoms with van der Waals surface area (Å²) in [6, 6.07) is 18.4. The molecule has 25 heavy (non-hydrogen) atoms. The van der Waals surface area contributed by atoms with Gasteiger partial charge in [-0.05, 0) is 17.7 Å². The number of anilines is 1. The van der Waals surface area contributed by atoms with Crippen molar-refractivity contribution in [3.63, 3.8) is 0 Å². The standard InChI is InChI=1S/C19H16FN5/c1-24(12-14-7-9-16(20)10-8-14)18-11-17(15-5-3-2-4-6-15)23-19-21-13-22-25(18)19/h2-11,13H,12H2,1H3. The summed E-state index contributed by atoms with van der Waals surface area (Å²) in [5, 5.41) is 4.27. The van der Waals surface area contributed by atoms with Crippen molar-refractivity contribution in [2.24, 2.45) is 0 Å². The van der Waals surface area contributed by atoms with Crippen LogP contribution in [0.5, 0.6) is 0 Å². The van der Waals surface area contributed by atoms with Crippen molar-refractivity contribution in [1.29, 1.82) is 0 Å². The number of hydrogen-bond donors (Lipinski definition) is 0. The zero-order chi connectivity index (χ0) is 17.2. The van der Waals surface area contributed by atoms with Crippen LogP contribution in [-0.4, -0.2) is 26.6 Å². The second kappa shape index (κ2) is 6.32. The number of fused-ring (bicyclic) bond motifs is 1.